The molecule has 0 spiro atoms. The molecule has 0 saturated carbocycles. The van der Waals surface area contributed by atoms with Crippen molar-refractivity contribution in [3.63, 3.8) is 0 Å². The van der Waals surface area contributed by atoms with E-state index in [1.54, 1.807) is 0 Å². The summed E-state index contributed by atoms with van der Waals surface area (Å²) in [5.74, 6) is 0.111. The number of rotatable bonds is 2. The van der Waals surface area contributed by atoms with Crippen LogP contribution in [-0.4, -0.2) is 24.7 Å². The van der Waals surface area contributed by atoms with Gasteiger partial charge in [0.2, 0.25) is 5.91 Å². The first-order valence-electron chi connectivity index (χ1n) is 3.65. The highest BCUT2D eigenvalue weighted by atomic mass is 16.5. The summed E-state index contributed by atoms with van der Waals surface area (Å²) < 4.78 is 5.07. The van der Waals surface area contributed by atoms with Crippen molar-refractivity contribution in [1.82, 2.24) is 5.32 Å². The van der Waals surface area contributed by atoms with Gasteiger partial charge in [-0.1, -0.05) is 6.92 Å². The molecule has 0 aromatic heterocycles. The Labute approximate surface area is 60.7 Å². The van der Waals surface area contributed by atoms with Gasteiger partial charge < -0.3 is 10.1 Å². The number of nitrogens with one attached hydrogen (secondary N) is 1. The van der Waals surface area contributed by atoms with Crippen LogP contribution in [-0.2, 0) is 9.53 Å². The molecule has 1 aliphatic rings. The van der Waals surface area contributed by atoms with Crippen molar-refractivity contribution in [3.05, 3.63) is 0 Å². The van der Waals surface area contributed by atoms with Crippen molar-refractivity contribution < 1.29 is 9.53 Å². The van der Waals surface area contributed by atoms with Crippen LogP contribution in [0.25, 0.3) is 0 Å². The lowest BCUT2D eigenvalue weighted by Gasteiger charge is -2.34. The molecule has 1 saturated heterocycles. The van der Waals surface area contributed by atoms with Gasteiger partial charge in [-0.05, 0) is 6.92 Å². The van der Waals surface area contributed by atoms with Gasteiger partial charge in [-0.25, -0.2) is 0 Å². The summed E-state index contributed by atoms with van der Waals surface area (Å²) >= 11 is 0. The Bertz CT molecular complexity index is 136. The van der Waals surface area contributed by atoms with Gasteiger partial charge in [0.15, 0.2) is 0 Å². The Morgan fingerprint density at radius 1 is 1.80 bits per heavy atom. The molecule has 0 aromatic carbocycles. The van der Waals surface area contributed by atoms with Gasteiger partial charge in [0.05, 0.1) is 18.8 Å². The van der Waals surface area contributed by atoms with E-state index in [-0.39, 0.29) is 18.1 Å². The van der Waals surface area contributed by atoms with Crippen LogP contribution in [0.1, 0.15) is 20.3 Å². The van der Waals surface area contributed by atoms with Gasteiger partial charge in [0.1, 0.15) is 0 Å². The summed E-state index contributed by atoms with van der Waals surface area (Å²) in [6.07, 6.45) is 0.763. The number of carbonyl (C=O) groups excluding carboxylic acids is 1. The van der Waals surface area contributed by atoms with Crippen LogP contribution < -0.4 is 5.32 Å². The Hall–Kier alpha value is -0.570. The van der Waals surface area contributed by atoms with Crippen LogP contribution in [0.5, 0.6) is 0 Å². The lowest BCUT2D eigenvalue weighted by molar-refractivity contribution is -0.129. The van der Waals surface area contributed by atoms with E-state index in [9.17, 15) is 4.79 Å². The topological polar surface area (TPSA) is 38.3 Å². The number of amides is 1. The molecule has 3 nitrogen and oxygen atoms in total. The molecule has 0 aromatic rings. The molecule has 3 heteroatoms. The SMILES string of the molecule is CCC(=O)NC1COC1C. The molecule has 0 bridgehead atoms. The summed E-state index contributed by atoms with van der Waals surface area (Å²) in [7, 11) is 0. The maximum absolute atomic E-state index is 10.8. The molecule has 1 heterocycles. The van der Waals surface area contributed by atoms with E-state index < -0.39 is 0 Å². The summed E-state index contributed by atoms with van der Waals surface area (Å²) in [6.45, 7) is 4.48. The van der Waals surface area contributed by atoms with Crippen LogP contribution in [0, 0.1) is 0 Å². The van der Waals surface area contributed by atoms with E-state index in [0.29, 0.717) is 13.0 Å². The van der Waals surface area contributed by atoms with Gasteiger partial charge in [-0.15, -0.1) is 0 Å². The largest absolute Gasteiger partial charge is 0.374 e. The van der Waals surface area contributed by atoms with E-state index in [4.69, 9.17) is 4.74 Å². The lowest BCUT2D eigenvalue weighted by Crippen LogP contribution is -2.54. The van der Waals surface area contributed by atoms with E-state index in [0.717, 1.165) is 0 Å². The average Bonchev–Trinajstić information content (AvgIpc) is 1.96. The normalized spacial score (nSPS) is 31.0. The van der Waals surface area contributed by atoms with E-state index in [1.165, 1.54) is 0 Å². The molecular formula is C7H13NO2. The van der Waals surface area contributed by atoms with Crippen LogP contribution in [0.2, 0.25) is 0 Å². The zero-order valence-electron chi connectivity index (χ0n) is 6.39. The smallest absolute Gasteiger partial charge is 0.220 e. The first-order chi connectivity index (χ1) is 4.74. The molecule has 0 aliphatic carbocycles. The van der Waals surface area contributed by atoms with Gasteiger partial charge in [-0.2, -0.15) is 0 Å². The molecule has 1 rings (SSSR count). The van der Waals surface area contributed by atoms with Crippen LogP contribution in [0.15, 0.2) is 0 Å². The predicted molar refractivity (Wildman–Crippen MR) is 37.6 cm³/mol. The number of hydrogen-bond donors (Lipinski definition) is 1. The minimum Gasteiger partial charge on any atom is -0.374 e. The summed E-state index contributed by atoms with van der Waals surface area (Å²) in [5, 5.41) is 2.85. The van der Waals surface area contributed by atoms with Crippen LogP contribution in [0.3, 0.4) is 0 Å². The Morgan fingerprint density at radius 3 is 2.80 bits per heavy atom. The first kappa shape index (κ1) is 7.54. The summed E-state index contributed by atoms with van der Waals surface area (Å²) in [6, 6.07) is 0.257. The minimum absolute atomic E-state index is 0.111. The van der Waals surface area contributed by atoms with E-state index >= 15 is 0 Å². The standard InChI is InChI=1S/C7H13NO2/c1-3-7(9)8-6-4-10-5(6)2/h5-6H,3-4H2,1-2H3,(H,8,9). The first-order valence-corrected chi connectivity index (χ1v) is 3.65. The molecular weight excluding hydrogens is 130 g/mol. The van der Waals surface area contributed by atoms with Crippen molar-refractivity contribution in [2.75, 3.05) is 6.61 Å². The van der Waals surface area contributed by atoms with Gasteiger partial charge >= 0.3 is 0 Å². The Kier molecular flexibility index (Phi) is 2.27. The third-order valence-corrected chi connectivity index (χ3v) is 1.77. The second-order valence-electron chi connectivity index (χ2n) is 2.57. The highest BCUT2D eigenvalue weighted by molar-refractivity contribution is 5.76. The predicted octanol–water partition coefficient (Wildman–Crippen LogP) is 0.300. The fraction of sp³-hybridized carbons (Fsp3) is 0.857. The van der Waals surface area contributed by atoms with Crippen molar-refractivity contribution in [2.24, 2.45) is 0 Å². The maximum atomic E-state index is 10.8. The average molecular weight is 143 g/mol. The Morgan fingerprint density at radius 2 is 2.50 bits per heavy atom. The molecule has 1 fully saturated rings. The molecule has 2 unspecified atom stereocenters. The molecule has 1 N–H and O–H groups in total. The second kappa shape index (κ2) is 3.01. The fourth-order valence-electron chi connectivity index (χ4n) is 0.853. The fourth-order valence-corrected chi connectivity index (χ4v) is 0.853. The van der Waals surface area contributed by atoms with Crippen LogP contribution in [0.4, 0.5) is 0 Å². The molecule has 10 heavy (non-hydrogen) atoms. The monoisotopic (exact) mass is 143 g/mol. The van der Waals surface area contributed by atoms with Crippen molar-refractivity contribution in [2.45, 2.75) is 32.4 Å². The third kappa shape index (κ3) is 1.48. The highest BCUT2D eigenvalue weighted by Gasteiger charge is 2.28. The van der Waals surface area contributed by atoms with Crippen molar-refractivity contribution in [3.8, 4) is 0 Å². The van der Waals surface area contributed by atoms with Crippen molar-refractivity contribution in [1.29, 1.82) is 0 Å². The number of carbonyl (C=O) groups is 1. The maximum Gasteiger partial charge on any atom is 0.220 e. The molecule has 0 radical (unpaired) electrons. The van der Waals surface area contributed by atoms with Crippen LogP contribution >= 0.6 is 0 Å². The summed E-state index contributed by atoms with van der Waals surface area (Å²) in [5.41, 5.74) is 0. The zero-order valence-corrected chi connectivity index (χ0v) is 6.39. The summed E-state index contributed by atoms with van der Waals surface area (Å²) in [4.78, 5) is 10.8. The van der Waals surface area contributed by atoms with E-state index in [2.05, 4.69) is 5.32 Å². The molecule has 1 amide bonds. The third-order valence-electron chi connectivity index (χ3n) is 1.77. The second-order valence-corrected chi connectivity index (χ2v) is 2.57. The number of ether oxygens (including phenoxy) is 1. The number of hydrogen-bond acceptors (Lipinski definition) is 2. The lowest BCUT2D eigenvalue weighted by atomic mass is 10.1. The highest BCUT2D eigenvalue weighted by Crippen LogP contribution is 2.10. The van der Waals surface area contributed by atoms with E-state index in [1.807, 2.05) is 13.8 Å². The zero-order chi connectivity index (χ0) is 7.56. The van der Waals surface area contributed by atoms with Gasteiger partial charge in [-0.3, -0.25) is 4.79 Å². The minimum atomic E-state index is 0.111. The molecule has 1 aliphatic heterocycles. The van der Waals surface area contributed by atoms with Crippen molar-refractivity contribution >= 4 is 5.91 Å². The molecule has 58 valence electrons. The molecule has 2 atom stereocenters. The quantitative estimate of drug-likeness (QED) is 0.603. The Balaban J connectivity index is 2.19. The van der Waals surface area contributed by atoms with Gasteiger partial charge in [0, 0.05) is 6.42 Å². The van der Waals surface area contributed by atoms with Gasteiger partial charge in [0.25, 0.3) is 0 Å².